The molecular weight excluding hydrogens is 189 g/mol. The zero-order valence-electron chi connectivity index (χ0n) is 6.98. The second-order valence-corrected chi connectivity index (χ2v) is 2.51. The molecule has 1 unspecified atom stereocenters. The normalized spacial score (nSPS) is 11.5. The Kier molecular flexibility index (Phi) is 3.09. The van der Waals surface area contributed by atoms with Gasteiger partial charge in [0, 0.05) is 0 Å². The molecule has 1 atom stereocenters. The summed E-state index contributed by atoms with van der Waals surface area (Å²) in [6.45, 7) is 0. The van der Waals surface area contributed by atoms with Crippen molar-refractivity contribution in [3.05, 3.63) is 35.6 Å². The van der Waals surface area contributed by atoms with Gasteiger partial charge in [-0.25, -0.2) is 14.0 Å². The van der Waals surface area contributed by atoms with Crippen LogP contribution in [0.15, 0.2) is 29.3 Å². The zero-order valence-corrected chi connectivity index (χ0v) is 6.98. The van der Waals surface area contributed by atoms with Crippen molar-refractivity contribution in [3.8, 4) is 0 Å². The Morgan fingerprint density at radius 2 is 2.00 bits per heavy atom. The molecule has 14 heavy (non-hydrogen) atoms. The average Bonchev–Trinajstić information content (AvgIpc) is 2.15. The molecule has 0 aliphatic rings. The van der Waals surface area contributed by atoms with Crippen molar-refractivity contribution in [2.75, 3.05) is 0 Å². The van der Waals surface area contributed by atoms with Crippen molar-refractivity contribution in [1.29, 1.82) is 0 Å². The van der Waals surface area contributed by atoms with Gasteiger partial charge in [-0.2, -0.15) is 4.99 Å². The predicted octanol–water partition coefficient (Wildman–Crippen LogP) is 1.29. The van der Waals surface area contributed by atoms with Gasteiger partial charge in [-0.05, 0) is 17.7 Å². The fourth-order valence-corrected chi connectivity index (χ4v) is 0.970. The third kappa shape index (κ3) is 2.24. The van der Waals surface area contributed by atoms with Crippen LogP contribution in [0.1, 0.15) is 11.6 Å². The molecule has 5 heteroatoms. The van der Waals surface area contributed by atoms with Gasteiger partial charge in [-0.1, -0.05) is 12.1 Å². The van der Waals surface area contributed by atoms with Crippen molar-refractivity contribution < 1.29 is 19.1 Å². The molecule has 0 aliphatic heterocycles. The van der Waals surface area contributed by atoms with E-state index >= 15 is 0 Å². The molecule has 0 saturated carbocycles. The van der Waals surface area contributed by atoms with Crippen molar-refractivity contribution >= 4 is 12.0 Å². The van der Waals surface area contributed by atoms with Crippen LogP contribution in [-0.2, 0) is 9.59 Å². The summed E-state index contributed by atoms with van der Waals surface area (Å²) in [6.07, 6.45) is 1.16. The largest absolute Gasteiger partial charge is 0.479 e. The fourth-order valence-electron chi connectivity index (χ4n) is 0.970. The predicted molar refractivity (Wildman–Crippen MR) is 44.9 cm³/mol. The molecule has 1 N–H and O–H groups in total. The standard InChI is InChI=1S/C9H6FNO3/c10-7-3-1-6(2-4-7)8(9(13)14)11-5-12/h1-4,8H,(H,13,14). The van der Waals surface area contributed by atoms with Gasteiger partial charge in [0.05, 0.1) is 0 Å². The van der Waals surface area contributed by atoms with E-state index in [9.17, 15) is 14.0 Å². The van der Waals surface area contributed by atoms with Crippen LogP contribution in [0.25, 0.3) is 0 Å². The Morgan fingerprint density at radius 3 is 2.43 bits per heavy atom. The van der Waals surface area contributed by atoms with E-state index in [2.05, 4.69) is 4.99 Å². The fraction of sp³-hybridized carbons (Fsp3) is 0.111. The molecule has 0 heterocycles. The summed E-state index contributed by atoms with van der Waals surface area (Å²) in [5.74, 6) is -1.76. The first kappa shape index (κ1) is 10.1. The molecule has 0 radical (unpaired) electrons. The molecule has 4 nitrogen and oxygen atoms in total. The van der Waals surface area contributed by atoms with Gasteiger partial charge in [0.1, 0.15) is 5.82 Å². The highest BCUT2D eigenvalue weighted by Crippen LogP contribution is 2.17. The maximum absolute atomic E-state index is 12.5. The first-order chi connectivity index (χ1) is 6.65. The van der Waals surface area contributed by atoms with E-state index in [0.717, 1.165) is 18.2 Å². The van der Waals surface area contributed by atoms with E-state index < -0.39 is 17.8 Å². The third-order valence-electron chi connectivity index (χ3n) is 1.60. The summed E-state index contributed by atoms with van der Waals surface area (Å²) >= 11 is 0. The molecule has 0 aromatic heterocycles. The Labute approximate surface area is 78.7 Å². The third-order valence-corrected chi connectivity index (χ3v) is 1.60. The lowest BCUT2D eigenvalue weighted by Gasteiger charge is -2.04. The van der Waals surface area contributed by atoms with E-state index in [1.165, 1.54) is 12.1 Å². The van der Waals surface area contributed by atoms with Gasteiger partial charge in [0.15, 0.2) is 6.04 Å². The molecule has 72 valence electrons. The van der Waals surface area contributed by atoms with Gasteiger partial charge in [-0.3, -0.25) is 0 Å². The first-order valence-corrected chi connectivity index (χ1v) is 3.70. The molecule has 1 aromatic carbocycles. The number of hydrogen-bond acceptors (Lipinski definition) is 3. The molecule has 0 aliphatic carbocycles. The number of aliphatic carboxylic acids is 1. The van der Waals surface area contributed by atoms with Gasteiger partial charge in [0.2, 0.25) is 6.08 Å². The van der Waals surface area contributed by atoms with E-state index in [0.29, 0.717) is 0 Å². The van der Waals surface area contributed by atoms with E-state index in [1.807, 2.05) is 0 Å². The topological polar surface area (TPSA) is 66.7 Å². The number of rotatable bonds is 3. The lowest BCUT2D eigenvalue weighted by molar-refractivity contribution is -0.138. The Morgan fingerprint density at radius 1 is 1.43 bits per heavy atom. The number of isocyanates is 1. The number of halogens is 1. The molecule has 1 aromatic rings. The van der Waals surface area contributed by atoms with Crippen LogP contribution >= 0.6 is 0 Å². The van der Waals surface area contributed by atoms with Crippen molar-refractivity contribution in [1.82, 2.24) is 0 Å². The van der Waals surface area contributed by atoms with Crippen molar-refractivity contribution in [2.45, 2.75) is 6.04 Å². The van der Waals surface area contributed by atoms with Crippen LogP contribution in [0.4, 0.5) is 4.39 Å². The quantitative estimate of drug-likeness (QED) is 0.583. The number of aliphatic imine (C=N–C) groups is 1. The summed E-state index contributed by atoms with van der Waals surface area (Å²) in [5.41, 5.74) is 0.238. The van der Waals surface area contributed by atoms with Crippen LogP contribution in [0.5, 0.6) is 0 Å². The molecular formula is C9H6FNO3. The van der Waals surface area contributed by atoms with Crippen LogP contribution in [0.3, 0.4) is 0 Å². The monoisotopic (exact) mass is 195 g/mol. The number of carbonyl (C=O) groups excluding carboxylic acids is 1. The molecule has 0 bridgehead atoms. The minimum absolute atomic E-state index is 0.238. The van der Waals surface area contributed by atoms with Gasteiger partial charge in [0.25, 0.3) is 0 Å². The minimum atomic E-state index is -1.31. The Balaban J connectivity index is 3.05. The number of carbonyl (C=O) groups is 1. The van der Waals surface area contributed by atoms with Crippen LogP contribution in [0, 0.1) is 5.82 Å². The molecule has 0 fully saturated rings. The van der Waals surface area contributed by atoms with Crippen molar-refractivity contribution in [2.24, 2.45) is 4.99 Å². The van der Waals surface area contributed by atoms with Gasteiger partial charge >= 0.3 is 5.97 Å². The summed E-state index contributed by atoms with van der Waals surface area (Å²) in [4.78, 5) is 23.6. The summed E-state index contributed by atoms with van der Waals surface area (Å²) in [7, 11) is 0. The van der Waals surface area contributed by atoms with E-state index in [1.54, 1.807) is 0 Å². The van der Waals surface area contributed by atoms with Crippen LogP contribution in [-0.4, -0.2) is 17.2 Å². The molecule has 0 saturated heterocycles. The average molecular weight is 195 g/mol. The number of carboxylic acid groups (broad SMARTS) is 1. The highest BCUT2D eigenvalue weighted by atomic mass is 19.1. The van der Waals surface area contributed by atoms with Gasteiger partial charge < -0.3 is 5.11 Å². The number of hydrogen-bond donors (Lipinski definition) is 1. The SMILES string of the molecule is O=C=NC(C(=O)O)c1ccc(F)cc1. The number of benzene rings is 1. The summed E-state index contributed by atoms with van der Waals surface area (Å²) in [6, 6.07) is 3.41. The lowest BCUT2D eigenvalue weighted by Crippen LogP contribution is -2.08. The van der Waals surface area contributed by atoms with Crippen LogP contribution in [0.2, 0.25) is 0 Å². The first-order valence-electron chi connectivity index (χ1n) is 3.70. The Bertz CT molecular complexity index is 380. The number of nitrogens with zero attached hydrogens (tertiary/aromatic N) is 1. The van der Waals surface area contributed by atoms with E-state index in [-0.39, 0.29) is 5.56 Å². The maximum Gasteiger partial charge on any atom is 0.334 e. The molecule has 0 amide bonds. The molecule has 1 rings (SSSR count). The number of carboxylic acids is 1. The summed E-state index contributed by atoms with van der Waals surface area (Å²) < 4.78 is 12.5. The minimum Gasteiger partial charge on any atom is -0.479 e. The second kappa shape index (κ2) is 4.30. The van der Waals surface area contributed by atoms with E-state index in [4.69, 9.17) is 5.11 Å². The zero-order chi connectivity index (χ0) is 10.6. The lowest BCUT2D eigenvalue weighted by atomic mass is 10.1. The Hall–Kier alpha value is -2.00. The highest BCUT2D eigenvalue weighted by molar-refractivity contribution is 5.76. The second-order valence-electron chi connectivity index (χ2n) is 2.51. The smallest absolute Gasteiger partial charge is 0.334 e. The molecule has 0 spiro atoms. The highest BCUT2D eigenvalue weighted by Gasteiger charge is 2.18. The maximum atomic E-state index is 12.5. The van der Waals surface area contributed by atoms with Crippen LogP contribution < -0.4 is 0 Å². The van der Waals surface area contributed by atoms with Gasteiger partial charge in [-0.15, -0.1) is 0 Å². The van der Waals surface area contributed by atoms with Crippen molar-refractivity contribution in [3.63, 3.8) is 0 Å². The summed E-state index contributed by atoms with van der Waals surface area (Å²) in [5, 5.41) is 8.66.